The smallest absolute Gasteiger partial charge is 0.273 e. The van der Waals surface area contributed by atoms with Gasteiger partial charge in [-0.15, -0.1) is 0 Å². The highest BCUT2D eigenvalue weighted by Gasteiger charge is 2.27. The van der Waals surface area contributed by atoms with Gasteiger partial charge in [-0.3, -0.25) is 14.9 Å². The summed E-state index contributed by atoms with van der Waals surface area (Å²) in [5.41, 5.74) is 0.875. The van der Waals surface area contributed by atoms with Gasteiger partial charge in [0.15, 0.2) is 0 Å². The summed E-state index contributed by atoms with van der Waals surface area (Å²) in [5.74, 6) is 0.151. The number of benzene rings is 1. The zero-order valence-electron chi connectivity index (χ0n) is 11.4. The lowest BCUT2D eigenvalue weighted by molar-refractivity contribution is -0.385. The molecule has 1 N–H and O–H groups in total. The fourth-order valence-corrected chi connectivity index (χ4v) is 2.56. The molecule has 0 aliphatic carbocycles. The third kappa shape index (κ3) is 2.96. The molecule has 1 fully saturated rings. The molecule has 0 bridgehead atoms. The second-order valence-electron chi connectivity index (χ2n) is 5.18. The molecule has 6 heteroatoms. The second-order valence-corrected chi connectivity index (χ2v) is 5.18. The lowest BCUT2D eigenvalue weighted by Crippen LogP contribution is -2.28. The lowest BCUT2D eigenvalue weighted by Gasteiger charge is -2.16. The number of carbonyl (C=O) groups excluding carboxylic acids is 1. The predicted octanol–water partition coefficient (Wildman–Crippen LogP) is 1.75. The average Bonchev–Trinajstić information content (AvgIpc) is 2.87. The van der Waals surface area contributed by atoms with Crippen molar-refractivity contribution in [2.24, 2.45) is 5.92 Å². The van der Waals surface area contributed by atoms with Gasteiger partial charge in [0.25, 0.3) is 11.6 Å². The van der Waals surface area contributed by atoms with Crippen molar-refractivity contribution in [3.05, 3.63) is 39.4 Å². The number of hydrogen-bond acceptors (Lipinski definition) is 4. The Morgan fingerprint density at radius 2 is 2.30 bits per heavy atom. The topological polar surface area (TPSA) is 83.7 Å². The molecule has 1 aliphatic heterocycles. The van der Waals surface area contributed by atoms with Crippen molar-refractivity contribution in [2.45, 2.75) is 19.8 Å². The summed E-state index contributed by atoms with van der Waals surface area (Å²) < 4.78 is 0. The minimum atomic E-state index is -0.468. The lowest BCUT2D eigenvalue weighted by atomic mass is 10.1. The van der Waals surface area contributed by atoms with Crippen molar-refractivity contribution in [1.82, 2.24) is 4.90 Å². The maximum atomic E-state index is 12.3. The van der Waals surface area contributed by atoms with Crippen LogP contribution in [0.5, 0.6) is 0 Å². The minimum Gasteiger partial charge on any atom is -0.396 e. The molecular weight excluding hydrogens is 260 g/mol. The number of likely N-dealkylation sites (tertiary alicyclic amines) is 1. The van der Waals surface area contributed by atoms with Gasteiger partial charge < -0.3 is 10.0 Å². The van der Waals surface area contributed by atoms with E-state index in [4.69, 9.17) is 5.11 Å². The highest BCUT2D eigenvalue weighted by atomic mass is 16.6. The van der Waals surface area contributed by atoms with E-state index in [9.17, 15) is 14.9 Å². The van der Waals surface area contributed by atoms with E-state index in [-0.39, 0.29) is 18.2 Å². The Hall–Kier alpha value is -1.95. The van der Waals surface area contributed by atoms with Gasteiger partial charge in [0.1, 0.15) is 0 Å². The molecule has 1 aliphatic rings. The van der Waals surface area contributed by atoms with Crippen molar-refractivity contribution in [1.29, 1.82) is 0 Å². The number of nitro benzene ring substituents is 1. The Morgan fingerprint density at radius 1 is 1.55 bits per heavy atom. The number of amides is 1. The van der Waals surface area contributed by atoms with Crippen LogP contribution in [0.15, 0.2) is 18.2 Å². The second kappa shape index (κ2) is 6.00. The summed E-state index contributed by atoms with van der Waals surface area (Å²) in [5, 5.41) is 19.8. The predicted molar refractivity (Wildman–Crippen MR) is 73.5 cm³/mol. The molecule has 0 aromatic heterocycles. The molecule has 108 valence electrons. The Bertz CT molecular complexity index is 530. The van der Waals surface area contributed by atoms with Gasteiger partial charge in [-0.2, -0.15) is 0 Å². The summed E-state index contributed by atoms with van der Waals surface area (Å²) >= 11 is 0. The number of hydrogen-bond donors (Lipinski definition) is 1. The number of rotatable bonds is 4. The van der Waals surface area contributed by atoms with Crippen molar-refractivity contribution in [2.75, 3.05) is 19.7 Å². The first-order chi connectivity index (χ1) is 9.52. The summed E-state index contributed by atoms with van der Waals surface area (Å²) in [6.07, 6.45) is 1.57. The van der Waals surface area contributed by atoms with Crippen molar-refractivity contribution in [3.63, 3.8) is 0 Å². The van der Waals surface area contributed by atoms with Crippen LogP contribution in [0.25, 0.3) is 0 Å². The molecule has 20 heavy (non-hydrogen) atoms. The van der Waals surface area contributed by atoms with Gasteiger partial charge in [-0.1, -0.05) is 6.07 Å². The molecule has 1 atom stereocenters. The summed E-state index contributed by atoms with van der Waals surface area (Å²) in [6, 6.07) is 4.58. The fourth-order valence-electron chi connectivity index (χ4n) is 2.56. The van der Waals surface area contributed by atoms with E-state index in [0.29, 0.717) is 36.6 Å². The highest BCUT2D eigenvalue weighted by Crippen LogP contribution is 2.24. The monoisotopic (exact) mass is 278 g/mol. The number of aliphatic hydroxyl groups excluding tert-OH is 1. The Morgan fingerprint density at radius 3 is 2.95 bits per heavy atom. The summed E-state index contributed by atoms with van der Waals surface area (Å²) in [6.45, 7) is 3.04. The Labute approximate surface area is 117 Å². The van der Waals surface area contributed by atoms with E-state index in [1.807, 2.05) is 0 Å². The van der Waals surface area contributed by atoms with Gasteiger partial charge in [-0.25, -0.2) is 0 Å². The van der Waals surface area contributed by atoms with Crippen LogP contribution in [-0.2, 0) is 0 Å². The molecule has 1 saturated heterocycles. The molecule has 1 heterocycles. The van der Waals surface area contributed by atoms with Gasteiger partial charge in [-0.05, 0) is 31.7 Å². The third-order valence-corrected chi connectivity index (χ3v) is 3.76. The van der Waals surface area contributed by atoms with E-state index in [0.717, 1.165) is 6.42 Å². The largest absolute Gasteiger partial charge is 0.396 e. The van der Waals surface area contributed by atoms with Crippen LogP contribution < -0.4 is 0 Å². The molecular formula is C14H18N2O4. The molecule has 1 aromatic rings. The van der Waals surface area contributed by atoms with Gasteiger partial charge in [0.05, 0.1) is 4.92 Å². The van der Waals surface area contributed by atoms with Crippen molar-refractivity contribution < 1.29 is 14.8 Å². The first kappa shape index (κ1) is 14.5. The third-order valence-electron chi connectivity index (χ3n) is 3.76. The van der Waals surface area contributed by atoms with Crippen LogP contribution >= 0.6 is 0 Å². The van der Waals surface area contributed by atoms with Crippen LogP contribution in [-0.4, -0.2) is 40.5 Å². The highest BCUT2D eigenvalue weighted by molar-refractivity contribution is 5.95. The molecule has 6 nitrogen and oxygen atoms in total. The number of nitro groups is 1. The van der Waals surface area contributed by atoms with E-state index in [2.05, 4.69) is 0 Å². The molecule has 0 saturated carbocycles. The standard InChI is InChI=1S/C14H18N2O4/c1-10-2-3-12(8-13(10)16(19)20)14(18)15-6-4-11(9-15)5-7-17/h2-3,8,11,17H,4-7,9H2,1H3. The zero-order valence-corrected chi connectivity index (χ0v) is 11.4. The summed E-state index contributed by atoms with van der Waals surface area (Å²) in [4.78, 5) is 24.5. The number of aryl methyl sites for hydroxylation is 1. The first-order valence-electron chi connectivity index (χ1n) is 6.68. The zero-order chi connectivity index (χ0) is 14.7. The fraction of sp³-hybridized carbons (Fsp3) is 0.500. The quantitative estimate of drug-likeness (QED) is 0.671. The van der Waals surface area contributed by atoms with E-state index >= 15 is 0 Å². The van der Waals surface area contributed by atoms with Gasteiger partial charge in [0, 0.05) is 36.9 Å². The maximum Gasteiger partial charge on any atom is 0.273 e. The Kier molecular flexibility index (Phi) is 4.34. The SMILES string of the molecule is Cc1ccc(C(=O)N2CCC(CCO)C2)cc1[N+](=O)[O-]. The maximum absolute atomic E-state index is 12.3. The van der Waals surface area contributed by atoms with E-state index in [1.165, 1.54) is 6.07 Å². The Balaban J connectivity index is 2.14. The van der Waals surface area contributed by atoms with Gasteiger partial charge >= 0.3 is 0 Å². The molecule has 1 aromatic carbocycles. The van der Waals surface area contributed by atoms with Crippen LogP contribution in [0.2, 0.25) is 0 Å². The van der Waals surface area contributed by atoms with Crippen LogP contribution in [0.1, 0.15) is 28.8 Å². The van der Waals surface area contributed by atoms with Gasteiger partial charge in [0.2, 0.25) is 0 Å². The first-order valence-corrected chi connectivity index (χ1v) is 6.68. The average molecular weight is 278 g/mol. The van der Waals surface area contributed by atoms with Crippen LogP contribution in [0.4, 0.5) is 5.69 Å². The van der Waals surface area contributed by atoms with Crippen LogP contribution in [0, 0.1) is 23.0 Å². The molecule has 0 spiro atoms. The molecule has 0 radical (unpaired) electrons. The molecule has 2 rings (SSSR count). The van der Waals surface area contributed by atoms with E-state index < -0.39 is 4.92 Å². The number of carbonyl (C=O) groups is 1. The van der Waals surface area contributed by atoms with Crippen molar-refractivity contribution >= 4 is 11.6 Å². The molecule has 1 amide bonds. The molecule has 1 unspecified atom stereocenters. The van der Waals surface area contributed by atoms with Crippen molar-refractivity contribution in [3.8, 4) is 0 Å². The summed E-state index contributed by atoms with van der Waals surface area (Å²) in [7, 11) is 0. The number of aliphatic hydroxyl groups is 1. The number of nitrogens with zero attached hydrogens (tertiary/aromatic N) is 2. The minimum absolute atomic E-state index is 0.0260. The van der Waals surface area contributed by atoms with Crippen LogP contribution in [0.3, 0.4) is 0 Å². The van der Waals surface area contributed by atoms with E-state index in [1.54, 1.807) is 24.0 Å². The normalized spacial score (nSPS) is 18.3.